The van der Waals surface area contributed by atoms with Gasteiger partial charge in [-0.25, -0.2) is 0 Å². The van der Waals surface area contributed by atoms with Crippen LogP contribution < -0.4 is 15.8 Å². The Morgan fingerprint density at radius 3 is 2.67 bits per heavy atom. The predicted octanol–water partition coefficient (Wildman–Crippen LogP) is 4.63. The normalized spacial score (nSPS) is 10.4. The molecule has 0 saturated carbocycles. The van der Waals surface area contributed by atoms with Crippen LogP contribution in [0.5, 0.6) is 5.75 Å². The summed E-state index contributed by atoms with van der Waals surface area (Å²) in [5.74, 6) is 0.768. The summed E-state index contributed by atoms with van der Waals surface area (Å²) < 4.78 is 5.47. The quantitative estimate of drug-likeness (QED) is 0.761. The van der Waals surface area contributed by atoms with Crippen LogP contribution in [0.25, 0.3) is 0 Å². The van der Waals surface area contributed by atoms with Gasteiger partial charge < -0.3 is 15.8 Å². The second-order valence-corrected chi connectivity index (χ2v) is 5.48. The van der Waals surface area contributed by atoms with Crippen molar-refractivity contribution >= 4 is 34.6 Å². The number of nitrogens with two attached hydrogens (primary N) is 1. The molecule has 5 heteroatoms. The van der Waals surface area contributed by atoms with Gasteiger partial charge in [0, 0.05) is 40.1 Å². The second-order valence-electron chi connectivity index (χ2n) is 4.64. The molecule has 2 aromatic rings. The van der Waals surface area contributed by atoms with Crippen molar-refractivity contribution in [3.63, 3.8) is 0 Å². The van der Waals surface area contributed by atoms with Gasteiger partial charge >= 0.3 is 0 Å². The van der Waals surface area contributed by atoms with Gasteiger partial charge in [-0.1, -0.05) is 29.3 Å². The van der Waals surface area contributed by atoms with Gasteiger partial charge in [0.15, 0.2) is 0 Å². The molecule has 0 atom stereocenters. The molecule has 0 aliphatic heterocycles. The number of hydrogen-bond acceptors (Lipinski definition) is 3. The van der Waals surface area contributed by atoms with Crippen molar-refractivity contribution in [2.45, 2.75) is 13.3 Å². The third-order valence-corrected chi connectivity index (χ3v) is 3.57. The maximum Gasteiger partial charge on any atom is 0.123 e. The van der Waals surface area contributed by atoms with E-state index in [-0.39, 0.29) is 0 Å². The van der Waals surface area contributed by atoms with Gasteiger partial charge in [0.05, 0.1) is 6.61 Å². The molecule has 0 unspecified atom stereocenters. The Labute approximate surface area is 135 Å². The summed E-state index contributed by atoms with van der Waals surface area (Å²) in [5.41, 5.74) is 8.52. The van der Waals surface area contributed by atoms with Gasteiger partial charge in [-0.3, -0.25) is 0 Å². The largest absolute Gasteiger partial charge is 0.494 e. The highest BCUT2D eigenvalue weighted by Crippen LogP contribution is 2.24. The maximum atomic E-state index is 6.15. The van der Waals surface area contributed by atoms with Crippen molar-refractivity contribution in [3.8, 4) is 5.75 Å². The first-order valence-electron chi connectivity index (χ1n) is 6.79. The molecule has 3 nitrogen and oxygen atoms in total. The number of hydrogen-bond donors (Lipinski definition) is 2. The Kier molecular flexibility index (Phi) is 5.59. The summed E-state index contributed by atoms with van der Waals surface area (Å²) in [6.07, 6.45) is 0.800. The van der Waals surface area contributed by atoms with Crippen molar-refractivity contribution in [1.82, 2.24) is 0 Å². The molecule has 112 valence electrons. The van der Waals surface area contributed by atoms with Crippen molar-refractivity contribution < 1.29 is 4.74 Å². The molecule has 0 aliphatic carbocycles. The Balaban J connectivity index is 1.96. The lowest BCUT2D eigenvalue weighted by atomic mass is 10.1. The highest BCUT2D eigenvalue weighted by Gasteiger charge is 2.03. The van der Waals surface area contributed by atoms with E-state index >= 15 is 0 Å². The molecule has 0 spiro atoms. The van der Waals surface area contributed by atoms with Crippen LogP contribution in [-0.2, 0) is 6.42 Å². The Hall–Kier alpha value is -1.58. The fraction of sp³-hybridized carbons (Fsp3) is 0.250. The lowest BCUT2D eigenvalue weighted by Crippen LogP contribution is -2.06. The highest BCUT2D eigenvalue weighted by atomic mass is 35.5. The van der Waals surface area contributed by atoms with Gasteiger partial charge in [0.25, 0.3) is 0 Å². The van der Waals surface area contributed by atoms with Gasteiger partial charge in [-0.15, -0.1) is 0 Å². The molecule has 0 bridgehead atoms. The summed E-state index contributed by atoms with van der Waals surface area (Å²) in [4.78, 5) is 0. The molecular weight excluding hydrogens is 307 g/mol. The first-order valence-corrected chi connectivity index (χ1v) is 7.55. The Morgan fingerprint density at radius 2 is 1.95 bits per heavy atom. The van der Waals surface area contributed by atoms with Crippen LogP contribution in [0.1, 0.15) is 12.5 Å². The van der Waals surface area contributed by atoms with Crippen LogP contribution in [0.3, 0.4) is 0 Å². The zero-order valence-electron chi connectivity index (χ0n) is 11.8. The monoisotopic (exact) mass is 324 g/mol. The van der Waals surface area contributed by atoms with Crippen LogP contribution >= 0.6 is 23.2 Å². The minimum Gasteiger partial charge on any atom is -0.494 e. The van der Waals surface area contributed by atoms with Crippen LogP contribution in [0.15, 0.2) is 36.4 Å². The maximum absolute atomic E-state index is 6.15. The summed E-state index contributed by atoms with van der Waals surface area (Å²) >= 11 is 12.0. The number of halogens is 2. The Bertz CT molecular complexity index is 617. The number of ether oxygens (including phenoxy) is 1. The third kappa shape index (κ3) is 4.73. The minimum atomic E-state index is 0.614. The van der Waals surface area contributed by atoms with Crippen molar-refractivity contribution in [1.29, 1.82) is 0 Å². The van der Waals surface area contributed by atoms with Gasteiger partial charge in [-0.05, 0) is 37.1 Å². The lowest BCUT2D eigenvalue weighted by Gasteiger charge is -2.11. The molecule has 0 radical (unpaired) electrons. The number of nitrogen functional groups attached to an aromatic ring is 1. The van der Waals surface area contributed by atoms with E-state index in [0.717, 1.165) is 30.0 Å². The van der Waals surface area contributed by atoms with Crippen LogP contribution in [0.4, 0.5) is 11.4 Å². The van der Waals surface area contributed by atoms with Crippen LogP contribution in [0, 0.1) is 0 Å². The molecular formula is C16H18Cl2N2O. The van der Waals surface area contributed by atoms with E-state index in [2.05, 4.69) is 5.32 Å². The van der Waals surface area contributed by atoms with Gasteiger partial charge in [0.2, 0.25) is 0 Å². The van der Waals surface area contributed by atoms with E-state index in [9.17, 15) is 0 Å². The molecule has 2 rings (SSSR count). The van der Waals surface area contributed by atoms with Crippen molar-refractivity contribution in [3.05, 3.63) is 52.0 Å². The van der Waals surface area contributed by atoms with Gasteiger partial charge in [0.1, 0.15) is 5.75 Å². The number of nitrogens with one attached hydrogen (secondary N) is 1. The predicted molar refractivity (Wildman–Crippen MR) is 90.7 cm³/mol. The molecule has 0 aromatic heterocycles. The number of anilines is 2. The first kappa shape index (κ1) is 15.8. The second kappa shape index (κ2) is 7.43. The molecule has 21 heavy (non-hydrogen) atoms. The number of benzene rings is 2. The zero-order valence-corrected chi connectivity index (χ0v) is 13.3. The fourth-order valence-electron chi connectivity index (χ4n) is 2.04. The topological polar surface area (TPSA) is 47.3 Å². The third-order valence-electron chi connectivity index (χ3n) is 2.98. The number of rotatable bonds is 6. The summed E-state index contributed by atoms with van der Waals surface area (Å²) in [6, 6.07) is 11.2. The standard InChI is InChI=1S/C16H18Cl2N2O/c1-2-21-15-9-13(19)8-14(10-15)20-6-5-11-3-4-12(17)7-16(11)18/h3-4,7-10,20H,2,5-6,19H2,1H3. The molecule has 0 aliphatic rings. The summed E-state index contributed by atoms with van der Waals surface area (Å²) in [7, 11) is 0. The zero-order chi connectivity index (χ0) is 15.2. The van der Waals surface area contributed by atoms with E-state index in [1.54, 1.807) is 6.07 Å². The van der Waals surface area contributed by atoms with Gasteiger partial charge in [-0.2, -0.15) is 0 Å². The smallest absolute Gasteiger partial charge is 0.123 e. The molecule has 0 amide bonds. The molecule has 3 N–H and O–H groups in total. The SMILES string of the molecule is CCOc1cc(N)cc(NCCc2ccc(Cl)cc2Cl)c1. The van der Waals surface area contributed by atoms with Crippen LogP contribution in [0.2, 0.25) is 10.0 Å². The molecule has 0 heterocycles. The Morgan fingerprint density at radius 1 is 1.14 bits per heavy atom. The minimum absolute atomic E-state index is 0.614. The van der Waals surface area contributed by atoms with Crippen molar-refractivity contribution in [2.75, 3.05) is 24.2 Å². The summed E-state index contributed by atoms with van der Waals surface area (Å²) in [5, 5.41) is 4.66. The lowest BCUT2D eigenvalue weighted by molar-refractivity contribution is 0.340. The molecule has 2 aromatic carbocycles. The van der Waals surface area contributed by atoms with E-state index in [1.165, 1.54) is 0 Å². The molecule has 0 saturated heterocycles. The average molecular weight is 325 g/mol. The van der Waals surface area contributed by atoms with E-state index < -0.39 is 0 Å². The van der Waals surface area contributed by atoms with Crippen LogP contribution in [-0.4, -0.2) is 13.2 Å². The van der Waals surface area contributed by atoms with E-state index in [0.29, 0.717) is 22.3 Å². The average Bonchev–Trinajstić information content (AvgIpc) is 2.41. The first-order chi connectivity index (χ1) is 10.1. The summed E-state index contributed by atoms with van der Waals surface area (Å²) in [6.45, 7) is 3.30. The highest BCUT2D eigenvalue weighted by molar-refractivity contribution is 6.35. The van der Waals surface area contributed by atoms with E-state index in [4.69, 9.17) is 33.7 Å². The fourth-order valence-corrected chi connectivity index (χ4v) is 2.54. The molecule has 0 fully saturated rings. The van der Waals surface area contributed by atoms with E-state index in [1.807, 2.05) is 37.3 Å². The van der Waals surface area contributed by atoms with Crippen molar-refractivity contribution in [2.24, 2.45) is 0 Å².